The molecule has 30 heavy (non-hydrogen) atoms. The molecule has 0 bridgehead atoms. The molecule has 0 fully saturated rings. The summed E-state index contributed by atoms with van der Waals surface area (Å²) in [5.41, 5.74) is 4.36. The Kier molecular flexibility index (Phi) is 7.16. The molecule has 0 aromatic heterocycles. The third kappa shape index (κ3) is 5.93. The van der Waals surface area contributed by atoms with Gasteiger partial charge in [0.2, 0.25) is 0 Å². The molecule has 7 nitrogen and oxygen atoms in total. The third-order valence-corrected chi connectivity index (χ3v) is 4.06. The van der Waals surface area contributed by atoms with Crippen LogP contribution in [-0.4, -0.2) is 25.1 Å². The topological polar surface area (TPSA) is 89.0 Å². The zero-order chi connectivity index (χ0) is 21.2. The number of hydrazone groups is 1. The average molecular weight is 403 g/mol. The number of carbonyl (C=O) groups excluding carboxylic acids is 2. The van der Waals surface area contributed by atoms with Crippen LogP contribution < -0.4 is 20.2 Å². The Labute approximate surface area is 174 Å². The lowest BCUT2D eigenvalue weighted by Gasteiger charge is -2.09. The predicted molar refractivity (Wildman–Crippen MR) is 115 cm³/mol. The first-order chi connectivity index (χ1) is 14.7. The Bertz CT molecular complexity index is 1040. The molecule has 3 aromatic rings. The van der Waals surface area contributed by atoms with Gasteiger partial charge >= 0.3 is 11.8 Å². The molecule has 3 aromatic carbocycles. The van der Waals surface area contributed by atoms with Crippen molar-refractivity contribution < 1.29 is 19.1 Å². The second-order valence-corrected chi connectivity index (χ2v) is 6.20. The summed E-state index contributed by atoms with van der Waals surface area (Å²) in [7, 11) is 1.52. The maximum absolute atomic E-state index is 12.0. The number of para-hydroxylation sites is 1. The largest absolute Gasteiger partial charge is 0.497 e. The standard InChI is InChI=1S/C23H21N3O4/c1-29-20-12-7-11-19(14-20)25-22(27)23(28)26-24-15-18-10-5-6-13-21(18)30-16-17-8-3-2-4-9-17/h2-15H,16H2,1H3,(H,25,27)(H,26,28)/b24-15+. The van der Waals surface area contributed by atoms with E-state index in [9.17, 15) is 9.59 Å². The fourth-order valence-electron chi connectivity index (χ4n) is 2.55. The van der Waals surface area contributed by atoms with Gasteiger partial charge in [0, 0.05) is 17.3 Å². The van der Waals surface area contributed by atoms with Crippen molar-refractivity contribution in [2.75, 3.05) is 12.4 Å². The van der Waals surface area contributed by atoms with E-state index in [0.29, 0.717) is 29.4 Å². The molecule has 2 amide bonds. The predicted octanol–water partition coefficient (Wildman–Crippen LogP) is 3.36. The van der Waals surface area contributed by atoms with Crippen LogP contribution in [0, 0.1) is 0 Å². The van der Waals surface area contributed by atoms with Crippen molar-refractivity contribution >= 4 is 23.7 Å². The van der Waals surface area contributed by atoms with E-state index < -0.39 is 11.8 Å². The molecule has 0 atom stereocenters. The SMILES string of the molecule is COc1cccc(NC(=O)C(=O)N/N=C/c2ccccc2OCc2ccccc2)c1. The van der Waals surface area contributed by atoms with Crippen molar-refractivity contribution in [2.45, 2.75) is 6.61 Å². The minimum absolute atomic E-state index is 0.404. The van der Waals surface area contributed by atoms with Gasteiger partial charge in [0.1, 0.15) is 18.1 Å². The van der Waals surface area contributed by atoms with Gasteiger partial charge in [0.25, 0.3) is 0 Å². The van der Waals surface area contributed by atoms with Crippen molar-refractivity contribution in [1.82, 2.24) is 5.43 Å². The Hall–Kier alpha value is -4.13. The van der Waals surface area contributed by atoms with Gasteiger partial charge in [-0.2, -0.15) is 5.10 Å². The van der Waals surface area contributed by atoms with Crippen LogP contribution in [0.25, 0.3) is 0 Å². The van der Waals surface area contributed by atoms with Gasteiger partial charge < -0.3 is 14.8 Å². The number of anilines is 1. The van der Waals surface area contributed by atoms with E-state index in [1.165, 1.54) is 13.3 Å². The van der Waals surface area contributed by atoms with Crippen molar-refractivity contribution in [1.29, 1.82) is 0 Å². The third-order valence-electron chi connectivity index (χ3n) is 4.06. The minimum Gasteiger partial charge on any atom is -0.497 e. The smallest absolute Gasteiger partial charge is 0.329 e. The molecular weight excluding hydrogens is 382 g/mol. The van der Waals surface area contributed by atoms with Crippen LogP contribution in [0.2, 0.25) is 0 Å². The second kappa shape index (κ2) is 10.4. The molecule has 0 heterocycles. The fraction of sp³-hybridized carbons (Fsp3) is 0.0870. The monoisotopic (exact) mass is 403 g/mol. The van der Waals surface area contributed by atoms with Crippen LogP contribution in [0.5, 0.6) is 11.5 Å². The highest BCUT2D eigenvalue weighted by Gasteiger charge is 2.13. The first kappa shape index (κ1) is 20.6. The second-order valence-electron chi connectivity index (χ2n) is 6.20. The number of ether oxygens (including phenoxy) is 2. The maximum Gasteiger partial charge on any atom is 0.329 e. The molecule has 2 N–H and O–H groups in total. The molecule has 7 heteroatoms. The molecule has 0 aliphatic heterocycles. The molecule has 0 saturated heterocycles. The summed E-state index contributed by atoms with van der Waals surface area (Å²) in [5, 5.41) is 6.35. The summed E-state index contributed by atoms with van der Waals surface area (Å²) in [6.07, 6.45) is 1.43. The first-order valence-electron chi connectivity index (χ1n) is 9.20. The van der Waals surface area contributed by atoms with E-state index >= 15 is 0 Å². The summed E-state index contributed by atoms with van der Waals surface area (Å²) >= 11 is 0. The summed E-state index contributed by atoms with van der Waals surface area (Å²) in [4.78, 5) is 24.0. The fourth-order valence-corrected chi connectivity index (χ4v) is 2.55. The van der Waals surface area contributed by atoms with E-state index in [-0.39, 0.29) is 0 Å². The number of rotatable bonds is 7. The van der Waals surface area contributed by atoms with E-state index in [0.717, 1.165) is 5.56 Å². The van der Waals surface area contributed by atoms with Gasteiger partial charge in [-0.25, -0.2) is 5.43 Å². The van der Waals surface area contributed by atoms with Crippen molar-refractivity contribution in [3.05, 3.63) is 90.0 Å². The summed E-state index contributed by atoms with van der Waals surface area (Å²) in [5.74, 6) is -0.552. The molecular formula is C23H21N3O4. The van der Waals surface area contributed by atoms with Crippen molar-refractivity contribution in [2.24, 2.45) is 5.10 Å². The summed E-state index contributed by atoms with van der Waals surface area (Å²) in [6.45, 7) is 0.404. The summed E-state index contributed by atoms with van der Waals surface area (Å²) < 4.78 is 10.9. The van der Waals surface area contributed by atoms with Gasteiger partial charge in [-0.1, -0.05) is 48.5 Å². The van der Waals surface area contributed by atoms with Gasteiger partial charge in [-0.05, 0) is 29.8 Å². The van der Waals surface area contributed by atoms with E-state index in [2.05, 4.69) is 15.8 Å². The molecule has 0 spiro atoms. The lowest BCUT2D eigenvalue weighted by molar-refractivity contribution is -0.136. The maximum atomic E-state index is 12.0. The molecule has 0 saturated carbocycles. The highest BCUT2D eigenvalue weighted by molar-refractivity contribution is 6.39. The summed E-state index contributed by atoms with van der Waals surface area (Å²) in [6, 6.07) is 23.7. The Balaban J connectivity index is 1.56. The lowest BCUT2D eigenvalue weighted by atomic mass is 10.2. The number of benzene rings is 3. The number of methoxy groups -OCH3 is 1. The minimum atomic E-state index is -0.892. The van der Waals surface area contributed by atoms with Gasteiger partial charge in [0.05, 0.1) is 13.3 Å². The number of hydrogen-bond donors (Lipinski definition) is 2. The van der Waals surface area contributed by atoms with Crippen LogP contribution in [-0.2, 0) is 16.2 Å². The molecule has 0 unspecified atom stereocenters. The highest BCUT2D eigenvalue weighted by atomic mass is 16.5. The zero-order valence-corrected chi connectivity index (χ0v) is 16.4. The van der Waals surface area contributed by atoms with Crippen LogP contribution in [0.3, 0.4) is 0 Å². The molecule has 152 valence electrons. The number of nitrogens with zero attached hydrogens (tertiary/aromatic N) is 1. The Morgan fingerprint density at radius 2 is 1.70 bits per heavy atom. The molecule has 0 aliphatic carbocycles. The quantitative estimate of drug-likeness (QED) is 0.360. The number of hydrogen-bond acceptors (Lipinski definition) is 5. The average Bonchev–Trinajstić information content (AvgIpc) is 2.79. The zero-order valence-electron chi connectivity index (χ0n) is 16.4. The van der Waals surface area contributed by atoms with Crippen LogP contribution in [0.15, 0.2) is 84.0 Å². The van der Waals surface area contributed by atoms with Gasteiger partial charge in [0.15, 0.2) is 0 Å². The van der Waals surface area contributed by atoms with Crippen LogP contribution in [0.4, 0.5) is 5.69 Å². The Morgan fingerprint density at radius 3 is 2.50 bits per heavy atom. The first-order valence-corrected chi connectivity index (χ1v) is 9.20. The Morgan fingerprint density at radius 1 is 0.933 bits per heavy atom. The van der Waals surface area contributed by atoms with Crippen LogP contribution >= 0.6 is 0 Å². The van der Waals surface area contributed by atoms with Gasteiger partial charge in [-0.15, -0.1) is 0 Å². The normalized spacial score (nSPS) is 10.4. The number of carbonyl (C=O) groups is 2. The van der Waals surface area contributed by atoms with Crippen LogP contribution in [0.1, 0.15) is 11.1 Å². The number of amides is 2. The van der Waals surface area contributed by atoms with Crippen molar-refractivity contribution in [3.63, 3.8) is 0 Å². The van der Waals surface area contributed by atoms with E-state index in [1.54, 1.807) is 30.3 Å². The van der Waals surface area contributed by atoms with Crippen molar-refractivity contribution in [3.8, 4) is 11.5 Å². The number of nitrogens with one attached hydrogen (secondary N) is 2. The highest BCUT2D eigenvalue weighted by Crippen LogP contribution is 2.18. The molecule has 3 rings (SSSR count). The lowest BCUT2D eigenvalue weighted by Crippen LogP contribution is -2.32. The van der Waals surface area contributed by atoms with E-state index in [1.807, 2.05) is 48.5 Å². The molecule has 0 radical (unpaired) electrons. The van der Waals surface area contributed by atoms with E-state index in [4.69, 9.17) is 9.47 Å². The molecule has 0 aliphatic rings. The van der Waals surface area contributed by atoms with Gasteiger partial charge in [-0.3, -0.25) is 9.59 Å².